The van der Waals surface area contributed by atoms with Gasteiger partial charge in [0.1, 0.15) is 0 Å². The lowest BCUT2D eigenvalue weighted by Crippen LogP contribution is -2.27. The Morgan fingerprint density at radius 1 is 1.38 bits per heavy atom. The summed E-state index contributed by atoms with van der Waals surface area (Å²) in [5.74, 6) is 0. The molecule has 1 aliphatic rings. The Morgan fingerprint density at radius 3 is 2.38 bits per heavy atom. The zero-order chi connectivity index (χ0) is 5.82. The van der Waals surface area contributed by atoms with Gasteiger partial charge >= 0.3 is 0 Å². The second-order valence-electron chi connectivity index (χ2n) is 1.30. The van der Waals surface area contributed by atoms with Gasteiger partial charge in [-0.25, -0.2) is 0 Å². The van der Waals surface area contributed by atoms with Crippen LogP contribution in [0.4, 0.5) is 0 Å². The molecule has 0 aliphatic carbocycles. The number of ether oxygens (including phenoxy) is 4. The van der Waals surface area contributed by atoms with Crippen molar-refractivity contribution in [3.05, 3.63) is 0 Å². The van der Waals surface area contributed by atoms with E-state index < -0.39 is 6.48 Å². The molecule has 1 rings (SSSR count). The smallest absolute Gasteiger partial charge is 0.275 e. The molecule has 0 radical (unpaired) electrons. The van der Waals surface area contributed by atoms with Gasteiger partial charge in [-0.05, 0) is 0 Å². The SMILES string of the molecule is COC1OCOCO1. The highest BCUT2D eigenvalue weighted by Gasteiger charge is 2.11. The molecule has 1 aliphatic heterocycles. The average molecular weight is 120 g/mol. The Balaban J connectivity index is 2.13. The van der Waals surface area contributed by atoms with Gasteiger partial charge in [-0.3, -0.25) is 0 Å². The quantitative estimate of drug-likeness (QED) is 0.484. The third kappa shape index (κ3) is 1.41. The van der Waals surface area contributed by atoms with Crippen LogP contribution in [-0.2, 0) is 18.9 Å². The van der Waals surface area contributed by atoms with E-state index in [4.69, 9.17) is 9.47 Å². The van der Waals surface area contributed by atoms with E-state index in [-0.39, 0.29) is 13.6 Å². The van der Waals surface area contributed by atoms with Crippen LogP contribution in [0, 0.1) is 0 Å². The maximum absolute atomic E-state index is 4.76. The first-order valence-corrected chi connectivity index (χ1v) is 2.27. The first-order chi connectivity index (χ1) is 3.93. The number of hydrogen-bond donors (Lipinski definition) is 0. The lowest BCUT2D eigenvalue weighted by atomic mass is 11.1. The largest absolute Gasteiger partial charge is 0.333 e. The summed E-state index contributed by atoms with van der Waals surface area (Å²) >= 11 is 0. The molecule has 0 N–H and O–H groups in total. The van der Waals surface area contributed by atoms with Crippen LogP contribution in [0.5, 0.6) is 0 Å². The molecule has 4 nitrogen and oxygen atoms in total. The summed E-state index contributed by atoms with van der Waals surface area (Å²) in [6.07, 6.45) is 0. The first kappa shape index (κ1) is 5.97. The summed E-state index contributed by atoms with van der Waals surface area (Å²) in [5.41, 5.74) is 0. The fourth-order valence-electron chi connectivity index (χ4n) is 0.426. The summed E-state index contributed by atoms with van der Waals surface area (Å²) in [6, 6.07) is 0. The zero-order valence-electron chi connectivity index (χ0n) is 4.62. The minimum absolute atomic E-state index is 0.249. The van der Waals surface area contributed by atoms with E-state index in [0.29, 0.717) is 0 Å². The molecule has 0 amide bonds. The van der Waals surface area contributed by atoms with E-state index in [2.05, 4.69) is 9.47 Å². The van der Waals surface area contributed by atoms with Gasteiger partial charge < -0.3 is 18.9 Å². The predicted molar refractivity (Wildman–Crippen MR) is 23.8 cm³/mol. The third-order valence-corrected chi connectivity index (χ3v) is 0.767. The molecule has 1 saturated heterocycles. The highest BCUT2D eigenvalue weighted by atomic mass is 16.9. The minimum Gasteiger partial charge on any atom is -0.333 e. The third-order valence-electron chi connectivity index (χ3n) is 0.767. The maximum atomic E-state index is 4.76. The van der Waals surface area contributed by atoms with Gasteiger partial charge in [0.25, 0.3) is 6.48 Å². The number of hydrogen-bond acceptors (Lipinski definition) is 4. The van der Waals surface area contributed by atoms with Gasteiger partial charge in [0.2, 0.25) is 0 Å². The van der Waals surface area contributed by atoms with Crippen LogP contribution in [0.25, 0.3) is 0 Å². The van der Waals surface area contributed by atoms with Crippen molar-refractivity contribution in [3.8, 4) is 0 Å². The number of methoxy groups -OCH3 is 1. The van der Waals surface area contributed by atoms with E-state index in [9.17, 15) is 0 Å². The summed E-state index contributed by atoms with van der Waals surface area (Å²) in [6.45, 7) is -0.0412. The summed E-state index contributed by atoms with van der Waals surface area (Å²) < 4.78 is 18.9. The van der Waals surface area contributed by atoms with Crippen molar-refractivity contribution in [2.75, 3.05) is 20.7 Å². The van der Waals surface area contributed by atoms with Crippen LogP contribution in [-0.4, -0.2) is 27.2 Å². The van der Waals surface area contributed by atoms with Crippen LogP contribution in [0.3, 0.4) is 0 Å². The van der Waals surface area contributed by atoms with Gasteiger partial charge in [-0.1, -0.05) is 0 Å². The molecule has 0 aromatic rings. The molecule has 0 aromatic carbocycles. The molecule has 0 aromatic heterocycles. The van der Waals surface area contributed by atoms with E-state index in [1.807, 2.05) is 0 Å². The maximum Gasteiger partial charge on any atom is 0.275 e. The molecular formula is C4H8O4. The fourth-order valence-corrected chi connectivity index (χ4v) is 0.426. The van der Waals surface area contributed by atoms with Gasteiger partial charge in [0.05, 0.1) is 0 Å². The van der Waals surface area contributed by atoms with Crippen molar-refractivity contribution in [3.63, 3.8) is 0 Å². The van der Waals surface area contributed by atoms with Gasteiger partial charge in [-0.2, -0.15) is 0 Å². The minimum atomic E-state index is -0.538. The van der Waals surface area contributed by atoms with E-state index >= 15 is 0 Å². The molecule has 0 spiro atoms. The Hall–Kier alpha value is -0.160. The molecule has 0 bridgehead atoms. The predicted octanol–water partition coefficient (Wildman–Crippen LogP) is -0.105. The van der Waals surface area contributed by atoms with Gasteiger partial charge in [0, 0.05) is 7.11 Å². The van der Waals surface area contributed by atoms with Crippen molar-refractivity contribution in [2.24, 2.45) is 0 Å². The van der Waals surface area contributed by atoms with Crippen LogP contribution in [0.1, 0.15) is 0 Å². The second-order valence-corrected chi connectivity index (χ2v) is 1.30. The average Bonchev–Trinajstić information content (AvgIpc) is 1.90. The monoisotopic (exact) mass is 120 g/mol. The van der Waals surface area contributed by atoms with Crippen LogP contribution >= 0.6 is 0 Å². The van der Waals surface area contributed by atoms with Crippen molar-refractivity contribution in [1.29, 1.82) is 0 Å². The topological polar surface area (TPSA) is 36.9 Å². The molecule has 4 heteroatoms. The summed E-state index contributed by atoms with van der Waals surface area (Å²) in [7, 11) is 1.51. The molecule has 0 saturated carbocycles. The van der Waals surface area contributed by atoms with Gasteiger partial charge in [0.15, 0.2) is 13.6 Å². The molecule has 1 heterocycles. The normalized spacial score (nSPS) is 23.6. The second kappa shape index (κ2) is 2.99. The fraction of sp³-hybridized carbons (Fsp3) is 1.00. The number of rotatable bonds is 1. The van der Waals surface area contributed by atoms with Crippen molar-refractivity contribution >= 4 is 0 Å². The molecule has 0 atom stereocenters. The lowest BCUT2D eigenvalue weighted by Gasteiger charge is -2.20. The van der Waals surface area contributed by atoms with Crippen molar-refractivity contribution < 1.29 is 18.9 Å². The first-order valence-electron chi connectivity index (χ1n) is 2.27. The standard InChI is InChI=1S/C4H8O4/c1-5-4-7-2-6-3-8-4/h4H,2-3H2,1H3. The van der Waals surface area contributed by atoms with Crippen molar-refractivity contribution in [2.45, 2.75) is 6.48 Å². The van der Waals surface area contributed by atoms with E-state index in [1.54, 1.807) is 0 Å². The van der Waals surface area contributed by atoms with Gasteiger partial charge in [-0.15, -0.1) is 0 Å². The van der Waals surface area contributed by atoms with E-state index in [1.165, 1.54) is 7.11 Å². The molecule has 48 valence electrons. The van der Waals surface area contributed by atoms with Crippen molar-refractivity contribution in [1.82, 2.24) is 0 Å². The molecule has 0 unspecified atom stereocenters. The molecular weight excluding hydrogens is 112 g/mol. The molecule has 1 fully saturated rings. The highest BCUT2D eigenvalue weighted by molar-refractivity contribution is 4.21. The summed E-state index contributed by atoms with van der Waals surface area (Å²) in [4.78, 5) is 0. The highest BCUT2D eigenvalue weighted by Crippen LogP contribution is 2.00. The Kier molecular flexibility index (Phi) is 2.23. The molecule has 8 heavy (non-hydrogen) atoms. The van der Waals surface area contributed by atoms with Crippen LogP contribution < -0.4 is 0 Å². The Morgan fingerprint density at radius 2 is 2.00 bits per heavy atom. The van der Waals surface area contributed by atoms with Crippen LogP contribution in [0.2, 0.25) is 0 Å². The Bertz CT molecular complexity index is 59.1. The zero-order valence-corrected chi connectivity index (χ0v) is 4.62. The Labute approximate surface area is 47.3 Å². The van der Waals surface area contributed by atoms with E-state index in [0.717, 1.165) is 0 Å². The summed E-state index contributed by atoms with van der Waals surface area (Å²) in [5, 5.41) is 0. The van der Waals surface area contributed by atoms with Crippen LogP contribution in [0.15, 0.2) is 0 Å². The lowest BCUT2D eigenvalue weighted by molar-refractivity contribution is -0.376.